The zero-order valence-electron chi connectivity index (χ0n) is 17.3. The van der Waals surface area contributed by atoms with Crippen LogP contribution in [0, 0.1) is 10.1 Å². The second-order valence-electron chi connectivity index (χ2n) is 6.67. The third-order valence-electron chi connectivity index (χ3n) is 4.17. The topological polar surface area (TPSA) is 105 Å². The molecule has 0 heterocycles. The molecule has 0 atom stereocenters. The molecule has 12 heteroatoms. The lowest BCUT2D eigenvalue weighted by Crippen LogP contribution is -2.18. The monoisotopic (exact) mass is 489 g/mol. The summed E-state index contributed by atoms with van der Waals surface area (Å²) in [6.45, 7) is 0.970. The van der Waals surface area contributed by atoms with Crippen LogP contribution in [0.2, 0.25) is 5.02 Å². The predicted octanol–water partition coefficient (Wildman–Crippen LogP) is 5.60. The fourth-order valence-electron chi connectivity index (χ4n) is 2.52. The number of Topliss-reactive ketones (excluding diaryl/α,β-unsaturated/α-hetero) is 1. The van der Waals surface area contributed by atoms with Crippen LogP contribution in [-0.4, -0.2) is 36.5 Å². The van der Waals surface area contributed by atoms with E-state index in [1.165, 1.54) is 0 Å². The molecule has 0 N–H and O–H groups in total. The number of alkyl halides is 3. The van der Waals surface area contributed by atoms with Crippen LogP contribution in [0.25, 0.3) is 0 Å². The fraction of sp³-hybridized carbons (Fsp3) is 0.333. The maximum Gasteiger partial charge on any atom is 0.416 e. The molecule has 0 fully saturated rings. The predicted molar refractivity (Wildman–Crippen MR) is 111 cm³/mol. The van der Waals surface area contributed by atoms with Gasteiger partial charge in [0.25, 0.3) is 5.69 Å². The summed E-state index contributed by atoms with van der Waals surface area (Å²) in [6.07, 6.45) is -3.10. The number of hydrogen-bond acceptors (Lipinski definition) is 7. The number of nitro benzene ring substituents is 1. The Hall–Kier alpha value is -3.18. The number of ketones is 1. The van der Waals surface area contributed by atoms with E-state index >= 15 is 0 Å². The summed E-state index contributed by atoms with van der Waals surface area (Å²) in [4.78, 5) is 34.5. The number of carbonyl (C=O) groups is 2. The average molecular weight is 490 g/mol. The number of esters is 1. The van der Waals surface area contributed by atoms with Gasteiger partial charge in [0.2, 0.25) is 0 Å². The van der Waals surface area contributed by atoms with Crippen LogP contribution in [0.15, 0.2) is 36.4 Å². The Morgan fingerprint density at radius 2 is 1.85 bits per heavy atom. The average Bonchev–Trinajstić information content (AvgIpc) is 2.74. The quantitative estimate of drug-likeness (QED) is 0.133. The van der Waals surface area contributed by atoms with Gasteiger partial charge in [0, 0.05) is 6.07 Å². The van der Waals surface area contributed by atoms with E-state index in [-0.39, 0.29) is 28.7 Å². The highest BCUT2D eigenvalue weighted by atomic mass is 35.5. The second-order valence-corrected chi connectivity index (χ2v) is 7.08. The number of ether oxygens (including phenoxy) is 3. The van der Waals surface area contributed by atoms with Crippen LogP contribution in [0.4, 0.5) is 18.9 Å². The molecule has 0 aliphatic rings. The molecule has 0 aliphatic heterocycles. The third kappa shape index (κ3) is 7.72. The summed E-state index contributed by atoms with van der Waals surface area (Å²) in [7, 11) is 0. The molecule has 0 aromatic heterocycles. The molecule has 0 radical (unpaired) electrons. The number of nitro groups is 1. The molecule has 0 unspecified atom stereocenters. The smallest absolute Gasteiger partial charge is 0.416 e. The van der Waals surface area contributed by atoms with E-state index in [0.29, 0.717) is 12.5 Å². The van der Waals surface area contributed by atoms with E-state index in [4.69, 9.17) is 25.8 Å². The Labute approximate surface area is 191 Å². The van der Waals surface area contributed by atoms with Crippen LogP contribution in [-0.2, 0) is 20.4 Å². The van der Waals surface area contributed by atoms with Crippen molar-refractivity contribution in [3.8, 4) is 11.5 Å². The molecular weight excluding hydrogens is 471 g/mol. The van der Waals surface area contributed by atoms with Crippen LogP contribution >= 0.6 is 11.6 Å². The summed E-state index contributed by atoms with van der Waals surface area (Å²) in [5, 5.41) is 10.9. The highest BCUT2D eigenvalue weighted by molar-refractivity contribution is 6.32. The maximum absolute atomic E-state index is 12.8. The number of nitrogens with zero attached hydrogens (tertiary/aromatic N) is 1. The molecular formula is C21H19ClF3NO7. The van der Waals surface area contributed by atoms with Gasteiger partial charge in [0.1, 0.15) is 30.3 Å². The van der Waals surface area contributed by atoms with Gasteiger partial charge in [-0.3, -0.25) is 14.9 Å². The maximum atomic E-state index is 12.8. The Balaban J connectivity index is 2.13. The second kappa shape index (κ2) is 11.6. The van der Waals surface area contributed by atoms with Crippen LogP contribution in [0.3, 0.4) is 0 Å². The van der Waals surface area contributed by atoms with Crippen LogP contribution in [0.5, 0.6) is 11.5 Å². The first kappa shape index (κ1) is 26.1. The Morgan fingerprint density at radius 3 is 2.45 bits per heavy atom. The lowest BCUT2D eigenvalue weighted by Gasteiger charge is -2.12. The number of rotatable bonds is 11. The number of hydrogen-bond donors (Lipinski definition) is 0. The SMILES string of the molecule is CCCCOC(=O)COCC(=O)c1cc(Oc2ccc(C(F)(F)F)cc2Cl)ccc1[N+](=O)[O-]. The van der Waals surface area contributed by atoms with E-state index in [1.54, 1.807) is 0 Å². The molecule has 0 spiro atoms. The van der Waals surface area contributed by atoms with Gasteiger partial charge in [-0.15, -0.1) is 0 Å². The van der Waals surface area contributed by atoms with Crippen molar-refractivity contribution in [3.05, 3.63) is 62.7 Å². The zero-order valence-corrected chi connectivity index (χ0v) is 18.1. The van der Waals surface area contributed by atoms with Gasteiger partial charge in [0.15, 0.2) is 5.78 Å². The molecule has 178 valence electrons. The van der Waals surface area contributed by atoms with Gasteiger partial charge in [-0.2, -0.15) is 13.2 Å². The highest BCUT2D eigenvalue weighted by Gasteiger charge is 2.31. The number of benzene rings is 2. The molecule has 33 heavy (non-hydrogen) atoms. The lowest BCUT2D eigenvalue weighted by molar-refractivity contribution is -0.385. The largest absolute Gasteiger partial charge is 0.464 e. The molecule has 2 rings (SSSR count). The molecule has 8 nitrogen and oxygen atoms in total. The fourth-order valence-corrected chi connectivity index (χ4v) is 2.74. The summed E-state index contributed by atoms with van der Waals surface area (Å²) >= 11 is 5.85. The van der Waals surface area contributed by atoms with Crippen molar-refractivity contribution in [2.45, 2.75) is 25.9 Å². The Morgan fingerprint density at radius 1 is 1.12 bits per heavy atom. The molecule has 0 aliphatic carbocycles. The van der Waals surface area contributed by atoms with Crippen molar-refractivity contribution in [3.63, 3.8) is 0 Å². The minimum absolute atomic E-state index is 0.0791. The minimum atomic E-state index is -4.60. The first-order valence-electron chi connectivity index (χ1n) is 9.62. The molecule has 2 aromatic carbocycles. The molecule has 0 amide bonds. The van der Waals surface area contributed by atoms with Crippen molar-refractivity contribution in [1.82, 2.24) is 0 Å². The van der Waals surface area contributed by atoms with Gasteiger partial charge in [-0.25, -0.2) is 4.79 Å². The lowest BCUT2D eigenvalue weighted by atomic mass is 10.1. The van der Waals surface area contributed by atoms with E-state index in [2.05, 4.69) is 0 Å². The summed E-state index contributed by atoms with van der Waals surface area (Å²) < 4.78 is 53.6. The van der Waals surface area contributed by atoms with Crippen LogP contribution in [0.1, 0.15) is 35.7 Å². The Kier molecular flexibility index (Phi) is 9.18. The van der Waals surface area contributed by atoms with Crippen molar-refractivity contribution in [1.29, 1.82) is 0 Å². The van der Waals surface area contributed by atoms with Crippen LogP contribution < -0.4 is 4.74 Å². The van der Waals surface area contributed by atoms with Gasteiger partial charge in [-0.05, 0) is 36.8 Å². The van der Waals surface area contributed by atoms with Gasteiger partial charge in [0.05, 0.1) is 22.1 Å². The van der Waals surface area contributed by atoms with E-state index in [0.717, 1.165) is 36.8 Å². The Bertz CT molecular complexity index is 1030. The van der Waals surface area contributed by atoms with Gasteiger partial charge >= 0.3 is 12.1 Å². The standard InChI is InChI=1S/C21H19ClF3NO7/c1-2-3-8-32-20(28)12-31-11-18(27)15-10-14(5-6-17(15)26(29)30)33-19-7-4-13(9-16(19)22)21(23,24)25/h4-7,9-10H,2-3,8,11-12H2,1H3. The number of halogens is 4. The number of unbranched alkanes of at least 4 members (excludes halogenated alkanes) is 1. The molecule has 2 aromatic rings. The van der Waals surface area contributed by atoms with Crippen molar-refractivity contribution in [2.75, 3.05) is 19.8 Å². The minimum Gasteiger partial charge on any atom is -0.464 e. The zero-order chi connectivity index (χ0) is 24.6. The van der Waals surface area contributed by atoms with Gasteiger partial charge < -0.3 is 14.2 Å². The van der Waals surface area contributed by atoms with Crippen molar-refractivity contribution in [2.24, 2.45) is 0 Å². The number of carbonyl (C=O) groups excluding carboxylic acids is 2. The van der Waals surface area contributed by atoms with Gasteiger partial charge in [-0.1, -0.05) is 24.9 Å². The van der Waals surface area contributed by atoms with Crippen molar-refractivity contribution >= 4 is 29.0 Å². The first-order chi connectivity index (χ1) is 15.5. The van der Waals surface area contributed by atoms with E-state index < -0.39 is 47.3 Å². The summed E-state index contributed by atoms with van der Waals surface area (Å²) in [5.74, 6) is -1.72. The molecule has 0 bridgehead atoms. The molecule has 0 saturated carbocycles. The molecule has 0 saturated heterocycles. The highest BCUT2D eigenvalue weighted by Crippen LogP contribution is 2.37. The third-order valence-corrected chi connectivity index (χ3v) is 4.46. The van der Waals surface area contributed by atoms with Crippen molar-refractivity contribution < 1.29 is 41.9 Å². The van der Waals surface area contributed by atoms with E-state index in [1.807, 2.05) is 6.92 Å². The summed E-state index contributed by atoms with van der Waals surface area (Å²) in [6, 6.07) is 5.61. The van der Waals surface area contributed by atoms with E-state index in [9.17, 15) is 32.9 Å². The normalized spacial score (nSPS) is 11.2. The first-order valence-corrected chi connectivity index (χ1v) is 10.00. The summed E-state index contributed by atoms with van der Waals surface area (Å²) in [5.41, 5.74) is -1.90.